The largest absolute Gasteiger partial charge is 0.265 e. The van der Waals surface area contributed by atoms with Crippen molar-refractivity contribution in [3.05, 3.63) is 36.7 Å². The number of hydrogen-bond acceptors (Lipinski definition) is 1. The normalized spacial score (nSPS) is 9.00. The summed E-state index contributed by atoms with van der Waals surface area (Å²) in [4.78, 5) is 3.89. The maximum atomic E-state index is 3.89. The molecule has 0 N–H and O–H groups in total. The number of hydrogen-bond donors (Lipinski definition) is 0. The molecule has 1 aromatic heterocycles. The summed E-state index contributed by atoms with van der Waals surface area (Å²) in [5.74, 6) is 0. The Bertz CT molecular complexity index is 201. The monoisotopic (exact) mass is 119 g/mol. The van der Waals surface area contributed by atoms with Gasteiger partial charge in [0.25, 0.3) is 0 Å². The van der Waals surface area contributed by atoms with Gasteiger partial charge in [-0.3, -0.25) is 4.98 Å². The van der Waals surface area contributed by atoms with E-state index in [1.165, 1.54) is 0 Å². The highest BCUT2D eigenvalue weighted by atomic mass is 14.6. The molecule has 1 nitrogen and oxygen atoms in total. The lowest BCUT2D eigenvalue weighted by Crippen LogP contribution is -1.75. The van der Waals surface area contributed by atoms with Gasteiger partial charge in [-0.25, -0.2) is 0 Å². The molecule has 1 heteroatoms. The molecule has 0 amide bonds. The van der Waals surface area contributed by atoms with E-state index in [1.807, 2.05) is 19.1 Å². The molecular formula is C8H9N. The highest BCUT2D eigenvalue weighted by Crippen LogP contribution is 2.07. The Balaban J connectivity index is 2.98. The van der Waals surface area contributed by atoms with Crippen LogP contribution < -0.4 is 0 Å². The van der Waals surface area contributed by atoms with Gasteiger partial charge in [0.15, 0.2) is 0 Å². The molecule has 0 aliphatic rings. The van der Waals surface area contributed by atoms with E-state index in [-0.39, 0.29) is 0 Å². The molecule has 1 heterocycles. The predicted molar refractivity (Wildman–Crippen MR) is 38.9 cm³/mol. The van der Waals surface area contributed by atoms with Crippen LogP contribution in [0, 0.1) is 0 Å². The summed E-state index contributed by atoms with van der Waals surface area (Å²) in [5.41, 5.74) is 2.24. The van der Waals surface area contributed by atoms with Crippen molar-refractivity contribution in [2.45, 2.75) is 6.92 Å². The molecule has 0 aliphatic carbocycles. The van der Waals surface area contributed by atoms with E-state index < -0.39 is 0 Å². The second-order valence-electron chi connectivity index (χ2n) is 2.02. The second kappa shape index (κ2) is 2.44. The van der Waals surface area contributed by atoms with Crippen LogP contribution >= 0.6 is 0 Å². The summed E-state index contributed by atoms with van der Waals surface area (Å²) >= 11 is 0. The van der Waals surface area contributed by atoms with E-state index in [0.29, 0.717) is 0 Å². The lowest BCUT2D eigenvalue weighted by atomic mass is 10.1. The van der Waals surface area contributed by atoms with Crippen molar-refractivity contribution < 1.29 is 0 Å². The summed E-state index contributed by atoms with van der Waals surface area (Å²) < 4.78 is 0. The first-order chi connectivity index (χ1) is 4.30. The van der Waals surface area contributed by atoms with Gasteiger partial charge in [0, 0.05) is 12.4 Å². The molecule has 0 saturated heterocycles. The molecule has 0 aromatic carbocycles. The lowest BCUT2D eigenvalue weighted by Gasteiger charge is -1.94. The van der Waals surface area contributed by atoms with Crippen LogP contribution in [0.1, 0.15) is 12.5 Å². The van der Waals surface area contributed by atoms with Crippen LogP contribution in [0.2, 0.25) is 0 Å². The van der Waals surface area contributed by atoms with E-state index in [1.54, 1.807) is 12.4 Å². The average molecular weight is 119 g/mol. The molecule has 0 spiro atoms. The van der Waals surface area contributed by atoms with Crippen molar-refractivity contribution in [3.8, 4) is 0 Å². The van der Waals surface area contributed by atoms with Crippen molar-refractivity contribution in [2.24, 2.45) is 0 Å². The molecular weight excluding hydrogens is 110 g/mol. The zero-order chi connectivity index (χ0) is 6.69. The summed E-state index contributed by atoms with van der Waals surface area (Å²) in [6, 6.07) is 3.89. The van der Waals surface area contributed by atoms with Gasteiger partial charge in [-0.1, -0.05) is 12.2 Å². The third-order valence-corrected chi connectivity index (χ3v) is 1.17. The van der Waals surface area contributed by atoms with E-state index in [9.17, 15) is 0 Å². The minimum atomic E-state index is 1.08. The molecule has 9 heavy (non-hydrogen) atoms. The van der Waals surface area contributed by atoms with Crippen LogP contribution in [0.3, 0.4) is 0 Å². The van der Waals surface area contributed by atoms with Crippen LogP contribution in [-0.4, -0.2) is 4.98 Å². The summed E-state index contributed by atoms with van der Waals surface area (Å²) in [5, 5.41) is 0. The molecule has 1 aromatic rings. The van der Waals surface area contributed by atoms with Crippen LogP contribution in [0.25, 0.3) is 5.57 Å². The van der Waals surface area contributed by atoms with E-state index in [0.717, 1.165) is 11.1 Å². The smallest absolute Gasteiger partial charge is 0.0273 e. The maximum absolute atomic E-state index is 3.89. The molecule has 0 saturated carbocycles. The Hall–Kier alpha value is -1.11. The minimum Gasteiger partial charge on any atom is -0.265 e. The van der Waals surface area contributed by atoms with Crippen molar-refractivity contribution in [3.63, 3.8) is 0 Å². The Morgan fingerprint density at radius 1 is 1.44 bits per heavy atom. The third-order valence-electron chi connectivity index (χ3n) is 1.17. The molecule has 0 bridgehead atoms. The van der Waals surface area contributed by atoms with Gasteiger partial charge in [0.2, 0.25) is 0 Å². The zero-order valence-electron chi connectivity index (χ0n) is 5.46. The minimum absolute atomic E-state index is 1.08. The van der Waals surface area contributed by atoms with Crippen LogP contribution in [0.4, 0.5) is 0 Å². The molecule has 0 radical (unpaired) electrons. The van der Waals surface area contributed by atoms with Gasteiger partial charge in [0.1, 0.15) is 0 Å². The van der Waals surface area contributed by atoms with Gasteiger partial charge >= 0.3 is 0 Å². The van der Waals surface area contributed by atoms with Crippen molar-refractivity contribution in [1.29, 1.82) is 0 Å². The van der Waals surface area contributed by atoms with Gasteiger partial charge in [0.05, 0.1) is 0 Å². The predicted octanol–water partition coefficient (Wildman–Crippen LogP) is 2.11. The Labute approximate surface area is 55.1 Å². The first-order valence-corrected chi connectivity index (χ1v) is 2.86. The van der Waals surface area contributed by atoms with E-state index in [2.05, 4.69) is 11.6 Å². The summed E-state index contributed by atoms with van der Waals surface area (Å²) in [7, 11) is 0. The van der Waals surface area contributed by atoms with Gasteiger partial charge in [-0.2, -0.15) is 0 Å². The Kier molecular flexibility index (Phi) is 1.63. The first kappa shape index (κ1) is 6.02. The Morgan fingerprint density at radius 3 is 2.33 bits per heavy atom. The highest BCUT2D eigenvalue weighted by molar-refractivity contribution is 5.60. The first-order valence-electron chi connectivity index (χ1n) is 2.86. The topological polar surface area (TPSA) is 12.9 Å². The number of aromatic nitrogens is 1. The highest BCUT2D eigenvalue weighted by Gasteiger charge is 1.86. The molecule has 0 unspecified atom stereocenters. The maximum Gasteiger partial charge on any atom is 0.0273 e. The number of pyridine rings is 1. The fourth-order valence-electron chi connectivity index (χ4n) is 0.636. The van der Waals surface area contributed by atoms with Crippen molar-refractivity contribution >= 4 is 5.57 Å². The zero-order valence-corrected chi connectivity index (χ0v) is 5.46. The van der Waals surface area contributed by atoms with Crippen LogP contribution in [-0.2, 0) is 0 Å². The van der Waals surface area contributed by atoms with Crippen molar-refractivity contribution in [1.82, 2.24) is 4.98 Å². The Morgan fingerprint density at radius 2 is 2.00 bits per heavy atom. The quantitative estimate of drug-likeness (QED) is 0.551. The van der Waals surface area contributed by atoms with E-state index >= 15 is 0 Å². The third kappa shape index (κ3) is 1.39. The molecule has 1 rings (SSSR count). The summed E-state index contributed by atoms with van der Waals surface area (Å²) in [6.45, 7) is 5.78. The standard InChI is InChI=1S/C8H9N/c1-7(2)8-3-5-9-6-4-8/h3-6H,1H2,2H3. The fourth-order valence-corrected chi connectivity index (χ4v) is 0.636. The van der Waals surface area contributed by atoms with Crippen molar-refractivity contribution in [2.75, 3.05) is 0 Å². The van der Waals surface area contributed by atoms with Crippen LogP contribution in [0.15, 0.2) is 31.1 Å². The molecule has 0 aliphatic heterocycles. The lowest BCUT2D eigenvalue weighted by molar-refractivity contribution is 1.31. The number of rotatable bonds is 1. The summed E-state index contributed by atoms with van der Waals surface area (Å²) in [6.07, 6.45) is 3.54. The second-order valence-corrected chi connectivity index (χ2v) is 2.02. The average Bonchev–Trinajstić information content (AvgIpc) is 1.90. The fraction of sp³-hybridized carbons (Fsp3) is 0.125. The van der Waals surface area contributed by atoms with Gasteiger partial charge in [-0.05, 0) is 24.6 Å². The van der Waals surface area contributed by atoms with E-state index in [4.69, 9.17) is 0 Å². The van der Waals surface area contributed by atoms with Gasteiger partial charge < -0.3 is 0 Å². The van der Waals surface area contributed by atoms with Gasteiger partial charge in [-0.15, -0.1) is 0 Å². The number of allylic oxidation sites excluding steroid dienone is 1. The van der Waals surface area contributed by atoms with Crippen LogP contribution in [0.5, 0.6) is 0 Å². The molecule has 46 valence electrons. The molecule has 0 fully saturated rings. The number of nitrogens with zero attached hydrogens (tertiary/aromatic N) is 1. The SMILES string of the molecule is C=C(C)c1ccncc1. The molecule has 0 atom stereocenters.